The van der Waals surface area contributed by atoms with E-state index in [4.69, 9.17) is 0 Å². The molecule has 1 aliphatic carbocycles. The summed E-state index contributed by atoms with van der Waals surface area (Å²) >= 11 is 0. The zero-order valence-electron chi connectivity index (χ0n) is 11.4. The van der Waals surface area contributed by atoms with Gasteiger partial charge in [-0.1, -0.05) is 50.3 Å². The standard InChI is InChI=1S/C16H16O4/c1-16(2)9-8-11(14(17)18)12(15(19)20)13(16)10-6-4-3-5-7-10/h3-8H,9H2,1-2H3,(H,17,18)(H,19,20). The molecule has 4 heteroatoms. The summed E-state index contributed by atoms with van der Waals surface area (Å²) in [6.45, 7) is 3.85. The van der Waals surface area contributed by atoms with E-state index in [0.717, 1.165) is 5.56 Å². The van der Waals surface area contributed by atoms with Crippen molar-refractivity contribution < 1.29 is 19.8 Å². The van der Waals surface area contributed by atoms with E-state index in [2.05, 4.69) is 0 Å². The highest BCUT2D eigenvalue weighted by atomic mass is 16.4. The van der Waals surface area contributed by atoms with Crippen LogP contribution in [0.15, 0.2) is 47.6 Å². The van der Waals surface area contributed by atoms with Crippen LogP contribution < -0.4 is 0 Å². The summed E-state index contributed by atoms with van der Waals surface area (Å²) < 4.78 is 0. The highest BCUT2D eigenvalue weighted by molar-refractivity contribution is 6.12. The Morgan fingerprint density at radius 1 is 1.05 bits per heavy atom. The highest BCUT2D eigenvalue weighted by Crippen LogP contribution is 2.45. The molecule has 0 amide bonds. The molecule has 0 fully saturated rings. The van der Waals surface area contributed by atoms with Gasteiger partial charge in [-0.3, -0.25) is 0 Å². The SMILES string of the molecule is CC1(C)CC=C(C(=O)O)C(C(=O)O)=C1c1ccccc1. The Hall–Kier alpha value is -2.36. The maximum absolute atomic E-state index is 11.6. The first-order valence-electron chi connectivity index (χ1n) is 6.32. The summed E-state index contributed by atoms with van der Waals surface area (Å²) in [4.78, 5) is 22.9. The molecule has 0 bridgehead atoms. The number of aliphatic carboxylic acids is 2. The summed E-state index contributed by atoms with van der Waals surface area (Å²) in [6.07, 6.45) is 1.99. The predicted octanol–water partition coefficient (Wildman–Crippen LogP) is 2.97. The number of carboxylic acid groups (broad SMARTS) is 2. The third-order valence-corrected chi connectivity index (χ3v) is 3.52. The van der Waals surface area contributed by atoms with Crippen molar-refractivity contribution in [1.29, 1.82) is 0 Å². The molecule has 1 aliphatic rings. The fourth-order valence-electron chi connectivity index (χ4n) is 2.59. The van der Waals surface area contributed by atoms with Gasteiger partial charge in [-0.25, -0.2) is 9.59 Å². The van der Waals surface area contributed by atoms with E-state index in [1.54, 1.807) is 0 Å². The molecule has 20 heavy (non-hydrogen) atoms. The van der Waals surface area contributed by atoms with E-state index >= 15 is 0 Å². The van der Waals surface area contributed by atoms with Crippen molar-refractivity contribution in [2.45, 2.75) is 20.3 Å². The lowest BCUT2D eigenvalue weighted by Gasteiger charge is -2.33. The van der Waals surface area contributed by atoms with Gasteiger partial charge in [0, 0.05) is 0 Å². The van der Waals surface area contributed by atoms with Crippen molar-refractivity contribution in [3.63, 3.8) is 0 Å². The Morgan fingerprint density at radius 3 is 2.15 bits per heavy atom. The summed E-state index contributed by atoms with van der Waals surface area (Å²) in [5.41, 5.74) is 0.663. The topological polar surface area (TPSA) is 74.6 Å². The molecule has 0 atom stereocenters. The number of hydrogen-bond donors (Lipinski definition) is 2. The van der Waals surface area contributed by atoms with Crippen molar-refractivity contribution >= 4 is 17.5 Å². The molecular weight excluding hydrogens is 256 g/mol. The Kier molecular flexibility index (Phi) is 3.49. The Balaban J connectivity index is 2.76. The van der Waals surface area contributed by atoms with Gasteiger partial charge in [0.2, 0.25) is 0 Å². The van der Waals surface area contributed by atoms with E-state index in [1.807, 2.05) is 44.2 Å². The highest BCUT2D eigenvalue weighted by Gasteiger charge is 2.36. The van der Waals surface area contributed by atoms with E-state index in [9.17, 15) is 19.8 Å². The molecule has 0 aromatic heterocycles. The van der Waals surface area contributed by atoms with Gasteiger partial charge in [0.15, 0.2) is 0 Å². The van der Waals surface area contributed by atoms with Crippen LogP contribution in [0.2, 0.25) is 0 Å². The van der Waals surface area contributed by atoms with Gasteiger partial charge in [0.25, 0.3) is 0 Å². The summed E-state index contributed by atoms with van der Waals surface area (Å²) in [5, 5.41) is 18.7. The van der Waals surface area contributed by atoms with E-state index in [1.165, 1.54) is 6.08 Å². The van der Waals surface area contributed by atoms with Crippen LogP contribution in [-0.4, -0.2) is 22.2 Å². The fraction of sp³-hybridized carbons (Fsp3) is 0.250. The Labute approximate surface area is 117 Å². The Bertz CT molecular complexity index is 621. The number of benzene rings is 1. The normalized spacial score (nSPS) is 17.6. The zero-order valence-corrected chi connectivity index (χ0v) is 11.4. The average Bonchev–Trinajstić information content (AvgIpc) is 2.37. The summed E-state index contributed by atoms with van der Waals surface area (Å²) in [7, 11) is 0. The van der Waals surface area contributed by atoms with Crippen LogP contribution in [0.25, 0.3) is 5.57 Å². The smallest absolute Gasteiger partial charge is 0.336 e. The third-order valence-electron chi connectivity index (χ3n) is 3.52. The average molecular weight is 272 g/mol. The summed E-state index contributed by atoms with van der Waals surface area (Å²) in [6, 6.07) is 9.09. The number of hydrogen-bond acceptors (Lipinski definition) is 2. The second kappa shape index (κ2) is 4.96. The third kappa shape index (κ3) is 2.37. The molecule has 1 aromatic carbocycles. The van der Waals surface area contributed by atoms with Crippen LogP contribution in [0.5, 0.6) is 0 Å². The first-order chi connectivity index (χ1) is 9.34. The molecule has 0 saturated carbocycles. The van der Waals surface area contributed by atoms with Crippen LogP contribution in [0.4, 0.5) is 0 Å². The minimum Gasteiger partial charge on any atom is -0.478 e. The molecule has 4 nitrogen and oxygen atoms in total. The molecule has 0 unspecified atom stereocenters. The minimum atomic E-state index is -1.20. The number of carboxylic acids is 2. The Morgan fingerprint density at radius 2 is 1.65 bits per heavy atom. The molecule has 104 valence electrons. The van der Waals surface area contributed by atoms with Gasteiger partial charge in [-0.05, 0) is 23.0 Å². The van der Waals surface area contributed by atoms with Gasteiger partial charge in [0.05, 0.1) is 11.1 Å². The molecule has 0 heterocycles. The molecule has 0 spiro atoms. The van der Waals surface area contributed by atoms with Crippen molar-refractivity contribution in [2.24, 2.45) is 5.41 Å². The molecule has 2 N–H and O–H groups in total. The van der Waals surface area contributed by atoms with Gasteiger partial charge in [0.1, 0.15) is 0 Å². The molecule has 0 radical (unpaired) electrons. The second-order valence-electron chi connectivity index (χ2n) is 5.43. The lowest BCUT2D eigenvalue weighted by molar-refractivity contribution is -0.136. The van der Waals surface area contributed by atoms with E-state index in [-0.39, 0.29) is 11.1 Å². The summed E-state index contributed by atoms with van der Waals surface area (Å²) in [5.74, 6) is -2.41. The monoisotopic (exact) mass is 272 g/mol. The lowest BCUT2D eigenvalue weighted by atomic mass is 9.70. The fourth-order valence-corrected chi connectivity index (χ4v) is 2.59. The molecule has 2 rings (SSSR count). The maximum Gasteiger partial charge on any atom is 0.336 e. The largest absolute Gasteiger partial charge is 0.478 e. The maximum atomic E-state index is 11.6. The first-order valence-corrected chi connectivity index (χ1v) is 6.32. The van der Waals surface area contributed by atoms with Crippen LogP contribution >= 0.6 is 0 Å². The number of rotatable bonds is 3. The molecule has 0 aliphatic heterocycles. The molecule has 1 aromatic rings. The van der Waals surface area contributed by atoms with Gasteiger partial charge < -0.3 is 10.2 Å². The van der Waals surface area contributed by atoms with Crippen molar-refractivity contribution in [2.75, 3.05) is 0 Å². The van der Waals surface area contributed by atoms with Crippen molar-refractivity contribution in [3.05, 3.63) is 53.1 Å². The quantitative estimate of drug-likeness (QED) is 0.887. The zero-order chi connectivity index (χ0) is 14.9. The van der Waals surface area contributed by atoms with E-state index < -0.39 is 17.4 Å². The van der Waals surface area contributed by atoms with Crippen LogP contribution in [-0.2, 0) is 9.59 Å². The van der Waals surface area contributed by atoms with Gasteiger partial charge >= 0.3 is 11.9 Å². The predicted molar refractivity (Wildman–Crippen MR) is 75.1 cm³/mol. The minimum absolute atomic E-state index is 0.111. The molecule has 0 saturated heterocycles. The van der Waals surface area contributed by atoms with Gasteiger partial charge in [-0.2, -0.15) is 0 Å². The second-order valence-corrected chi connectivity index (χ2v) is 5.43. The number of allylic oxidation sites excluding steroid dienone is 2. The van der Waals surface area contributed by atoms with Crippen molar-refractivity contribution in [1.82, 2.24) is 0 Å². The first kappa shape index (κ1) is 14.1. The number of carbonyl (C=O) groups is 2. The van der Waals surface area contributed by atoms with Crippen LogP contribution in [0, 0.1) is 5.41 Å². The van der Waals surface area contributed by atoms with Crippen LogP contribution in [0.3, 0.4) is 0 Å². The van der Waals surface area contributed by atoms with Gasteiger partial charge in [-0.15, -0.1) is 0 Å². The van der Waals surface area contributed by atoms with Crippen molar-refractivity contribution in [3.8, 4) is 0 Å². The molecular formula is C16H16O4. The van der Waals surface area contributed by atoms with Crippen LogP contribution in [0.1, 0.15) is 25.8 Å². The van der Waals surface area contributed by atoms with E-state index in [0.29, 0.717) is 12.0 Å². The lowest BCUT2D eigenvalue weighted by Crippen LogP contribution is -2.25.